The fraction of sp³-hybridized carbons (Fsp3) is 0.0769. The lowest BCUT2D eigenvalue weighted by molar-refractivity contribution is 0.620. The van der Waals surface area contributed by atoms with Gasteiger partial charge in [0.1, 0.15) is 5.82 Å². The maximum atomic E-state index is 13.4. The Labute approximate surface area is 86.5 Å². The molecule has 3 aromatic rings. The van der Waals surface area contributed by atoms with Crippen LogP contribution in [0.2, 0.25) is 0 Å². The third-order valence-corrected chi connectivity index (χ3v) is 2.88. The van der Waals surface area contributed by atoms with Gasteiger partial charge in [-0.2, -0.15) is 0 Å². The van der Waals surface area contributed by atoms with E-state index in [1.807, 2.05) is 30.3 Å². The molecule has 0 aliphatic rings. The van der Waals surface area contributed by atoms with Gasteiger partial charge in [-0.1, -0.05) is 18.2 Å². The molecule has 0 spiro atoms. The first-order valence-electron chi connectivity index (χ1n) is 4.93. The summed E-state index contributed by atoms with van der Waals surface area (Å²) in [5.41, 5.74) is 2.64. The van der Waals surface area contributed by atoms with Gasteiger partial charge in [0, 0.05) is 21.9 Å². The molecule has 0 fully saturated rings. The van der Waals surface area contributed by atoms with Crippen molar-refractivity contribution in [2.45, 2.75) is 6.92 Å². The molecule has 2 aromatic carbocycles. The van der Waals surface area contributed by atoms with E-state index in [0.717, 1.165) is 21.8 Å². The van der Waals surface area contributed by atoms with Gasteiger partial charge >= 0.3 is 0 Å². The predicted molar refractivity (Wildman–Crippen MR) is 60.5 cm³/mol. The Balaban J connectivity index is 2.60. The molecule has 0 saturated heterocycles. The molecule has 0 aliphatic heterocycles. The first-order chi connectivity index (χ1) is 7.27. The second-order valence-electron chi connectivity index (χ2n) is 3.77. The zero-order valence-electron chi connectivity index (χ0n) is 8.34. The molecular weight excluding hydrogens is 189 g/mol. The second-order valence-corrected chi connectivity index (χ2v) is 3.77. The lowest BCUT2D eigenvalue weighted by Crippen LogP contribution is -1.82. The molecule has 1 aromatic heterocycles. The molecule has 2 heteroatoms. The van der Waals surface area contributed by atoms with E-state index in [2.05, 4.69) is 4.98 Å². The second kappa shape index (κ2) is 2.83. The van der Waals surface area contributed by atoms with Crippen LogP contribution >= 0.6 is 0 Å². The lowest BCUT2D eigenvalue weighted by Gasteiger charge is -1.97. The third-order valence-electron chi connectivity index (χ3n) is 2.88. The van der Waals surface area contributed by atoms with E-state index < -0.39 is 0 Å². The topological polar surface area (TPSA) is 15.8 Å². The molecule has 1 nitrogen and oxygen atoms in total. The Hall–Kier alpha value is -1.83. The molecule has 0 unspecified atom stereocenters. The molecular formula is C13H10FN. The van der Waals surface area contributed by atoms with Gasteiger partial charge in [0.05, 0.1) is 5.52 Å². The van der Waals surface area contributed by atoms with Crippen molar-refractivity contribution in [2.75, 3.05) is 0 Å². The number of hydrogen-bond donors (Lipinski definition) is 1. The van der Waals surface area contributed by atoms with Gasteiger partial charge in [-0.05, 0) is 25.1 Å². The summed E-state index contributed by atoms with van der Waals surface area (Å²) in [5, 5.41) is 2.24. The number of halogens is 1. The highest BCUT2D eigenvalue weighted by Crippen LogP contribution is 2.28. The molecule has 15 heavy (non-hydrogen) atoms. The summed E-state index contributed by atoms with van der Waals surface area (Å²) in [7, 11) is 0. The van der Waals surface area contributed by atoms with Crippen LogP contribution in [0.25, 0.3) is 21.8 Å². The maximum absolute atomic E-state index is 13.4. The van der Waals surface area contributed by atoms with Crippen molar-refractivity contribution < 1.29 is 4.39 Å². The van der Waals surface area contributed by atoms with Gasteiger partial charge in [-0.3, -0.25) is 0 Å². The maximum Gasteiger partial charge on any atom is 0.128 e. The lowest BCUT2D eigenvalue weighted by atomic mass is 10.1. The number of nitrogens with one attached hydrogen (secondary N) is 1. The molecule has 0 atom stereocenters. The molecule has 0 bridgehead atoms. The minimum Gasteiger partial charge on any atom is -0.354 e. The summed E-state index contributed by atoms with van der Waals surface area (Å²) < 4.78 is 13.4. The number of aromatic nitrogens is 1. The van der Waals surface area contributed by atoms with Crippen LogP contribution in [0.1, 0.15) is 5.56 Å². The smallest absolute Gasteiger partial charge is 0.128 e. The number of rotatable bonds is 0. The highest BCUT2D eigenvalue weighted by atomic mass is 19.1. The van der Waals surface area contributed by atoms with Crippen LogP contribution in [-0.4, -0.2) is 4.98 Å². The molecule has 74 valence electrons. The minimum atomic E-state index is -0.158. The van der Waals surface area contributed by atoms with E-state index in [-0.39, 0.29) is 5.82 Å². The SMILES string of the molecule is Cc1c(F)ccc2c1[nH]c1ccccc12. The van der Waals surface area contributed by atoms with Gasteiger partial charge in [0.15, 0.2) is 0 Å². The quantitative estimate of drug-likeness (QED) is 0.567. The van der Waals surface area contributed by atoms with E-state index in [9.17, 15) is 4.39 Å². The number of para-hydroxylation sites is 1. The normalized spacial score (nSPS) is 11.3. The third kappa shape index (κ3) is 1.08. The highest BCUT2D eigenvalue weighted by molar-refractivity contribution is 6.08. The molecule has 0 amide bonds. The molecule has 1 heterocycles. The predicted octanol–water partition coefficient (Wildman–Crippen LogP) is 3.77. The van der Waals surface area contributed by atoms with Crippen LogP contribution in [-0.2, 0) is 0 Å². The molecule has 1 N–H and O–H groups in total. The Bertz CT molecular complexity index is 652. The number of benzene rings is 2. The van der Waals surface area contributed by atoms with Gasteiger partial charge in [0.2, 0.25) is 0 Å². The number of fused-ring (bicyclic) bond motifs is 3. The summed E-state index contributed by atoms with van der Waals surface area (Å²) >= 11 is 0. The van der Waals surface area contributed by atoms with Crippen LogP contribution < -0.4 is 0 Å². The fourth-order valence-electron chi connectivity index (χ4n) is 2.03. The largest absolute Gasteiger partial charge is 0.354 e. The number of hydrogen-bond acceptors (Lipinski definition) is 0. The Morgan fingerprint density at radius 1 is 1.00 bits per heavy atom. The summed E-state index contributed by atoms with van der Waals surface area (Å²) in [6, 6.07) is 11.4. The van der Waals surface area contributed by atoms with Crippen molar-refractivity contribution in [1.82, 2.24) is 4.98 Å². The number of aromatic amines is 1. The van der Waals surface area contributed by atoms with E-state index >= 15 is 0 Å². The average Bonchev–Trinajstić information content (AvgIpc) is 2.63. The van der Waals surface area contributed by atoms with Crippen molar-refractivity contribution in [3.8, 4) is 0 Å². The Kier molecular flexibility index (Phi) is 1.60. The van der Waals surface area contributed by atoms with E-state index in [4.69, 9.17) is 0 Å². The molecule has 0 aliphatic carbocycles. The van der Waals surface area contributed by atoms with Crippen molar-refractivity contribution >= 4 is 21.8 Å². The van der Waals surface area contributed by atoms with Crippen molar-refractivity contribution in [3.05, 3.63) is 47.8 Å². The summed E-state index contributed by atoms with van der Waals surface area (Å²) in [4.78, 5) is 3.25. The zero-order chi connectivity index (χ0) is 10.4. The molecule has 0 saturated carbocycles. The van der Waals surface area contributed by atoms with Crippen LogP contribution in [0.5, 0.6) is 0 Å². The first kappa shape index (κ1) is 8.48. The zero-order valence-corrected chi connectivity index (χ0v) is 8.34. The minimum absolute atomic E-state index is 0.158. The molecule has 0 radical (unpaired) electrons. The summed E-state index contributed by atoms with van der Waals surface area (Å²) in [5.74, 6) is -0.158. The van der Waals surface area contributed by atoms with E-state index in [1.165, 1.54) is 6.07 Å². The highest BCUT2D eigenvalue weighted by Gasteiger charge is 2.07. The number of aryl methyl sites for hydroxylation is 1. The van der Waals surface area contributed by atoms with Crippen molar-refractivity contribution in [2.24, 2.45) is 0 Å². The summed E-state index contributed by atoms with van der Waals surface area (Å²) in [6.07, 6.45) is 0. The Morgan fingerprint density at radius 2 is 1.80 bits per heavy atom. The van der Waals surface area contributed by atoms with E-state index in [0.29, 0.717) is 5.56 Å². The van der Waals surface area contributed by atoms with Crippen LogP contribution in [0.15, 0.2) is 36.4 Å². The van der Waals surface area contributed by atoms with Crippen LogP contribution in [0.3, 0.4) is 0 Å². The van der Waals surface area contributed by atoms with Gasteiger partial charge in [0.25, 0.3) is 0 Å². The summed E-state index contributed by atoms with van der Waals surface area (Å²) in [6.45, 7) is 1.80. The first-order valence-corrected chi connectivity index (χ1v) is 4.93. The standard InChI is InChI=1S/C13H10FN/c1-8-11(14)7-6-10-9-4-2-3-5-12(9)15-13(8)10/h2-7,15H,1H3. The fourth-order valence-corrected chi connectivity index (χ4v) is 2.03. The monoisotopic (exact) mass is 199 g/mol. The van der Waals surface area contributed by atoms with Gasteiger partial charge in [-0.25, -0.2) is 4.39 Å². The van der Waals surface area contributed by atoms with E-state index in [1.54, 1.807) is 6.92 Å². The van der Waals surface area contributed by atoms with Crippen LogP contribution in [0, 0.1) is 12.7 Å². The van der Waals surface area contributed by atoms with Gasteiger partial charge in [-0.15, -0.1) is 0 Å². The Morgan fingerprint density at radius 3 is 2.67 bits per heavy atom. The molecule has 3 rings (SSSR count). The van der Waals surface area contributed by atoms with Crippen molar-refractivity contribution in [1.29, 1.82) is 0 Å². The van der Waals surface area contributed by atoms with Gasteiger partial charge < -0.3 is 4.98 Å². The van der Waals surface area contributed by atoms with Crippen LogP contribution in [0.4, 0.5) is 4.39 Å². The number of H-pyrrole nitrogens is 1. The average molecular weight is 199 g/mol. The van der Waals surface area contributed by atoms with Crippen molar-refractivity contribution in [3.63, 3.8) is 0 Å².